The average molecular weight is 225 g/mol. The maximum Gasteiger partial charge on any atom is 0.230 e. The zero-order chi connectivity index (χ0) is 11.1. The van der Waals surface area contributed by atoms with Crippen molar-refractivity contribution < 1.29 is 4.79 Å². The van der Waals surface area contributed by atoms with Gasteiger partial charge >= 0.3 is 0 Å². The molecule has 80 valence electrons. The summed E-state index contributed by atoms with van der Waals surface area (Å²) in [6.07, 6.45) is 1.94. The molecule has 0 aromatic carbocycles. The molecule has 0 radical (unpaired) electrons. The Morgan fingerprint density at radius 3 is 2.73 bits per heavy atom. The maximum absolute atomic E-state index is 11.8. The van der Waals surface area contributed by atoms with Crippen LogP contribution in [0.1, 0.15) is 25.5 Å². The van der Waals surface area contributed by atoms with Crippen molar-refractivity contribution in [1.29, 1.82) is 0 Å². The second kappa shape index (κ2) is 3.49. The molecular weight excluding hydrogens is 212 g/mol. The highest BCUT2D eigenvalue weighted by molar-refractivity contribution is 6.29. The van der Waals surface area contributed by atoms with Crippen LogP contribution in [0.15, 0.2) is 12.1 Å². The van der Waals surface area contributed by atoms with Gasteiger partial charge in [0.2, 0.25) is 5.91 Å². The Kier molecular flexibility index (Phi) is 2.43. The van der Waals surface area contributed by atoms with Crippen molar-refractivity contribution in [2.24, 2.45) is 5.41 Å². The Morgan fingerprint density at radius 2 is 2.20 bits per heavy atom. The van der Waals surface area contributed by atoms with Crippen LogP contribution in [0.4, 0.5) is 5.69 Å². The number of nitrogens with zero attached hydrogens (tertiary/aromatic N) is 1. The van der Waals surface area contributed by atoms with Crippen molar-refractivity contribution >= 4 is 23.2 Å². The summed E-state index contributed by atoms with van der Waals surface area (Å²) in [5.74, 6) is 0.0784. The van der Waals surface area contributed by atoms with E-state index in [0.29, 0.717) is 5.15 Å². The zero-order valence-electron chi connectivity index (χ0n) is 8.80. The monoisotopic (exact) mass is 224 g/mol. The molecule has 3 nitrogen and oxygen atoms in total. The molecule has 4 heteroatoms. The predicted molar refractivity (Wildman–Crippen MR) is 60.0 cm³/mol. The minimum absolute atomic E-state index is 0.0784. The lowest BCUT2D eigenvalue weighted by molar-refractivity contribution is -0.120. The van der Waals surface area contributed by atoms with Crippen molar-refractivity contribution in [2.45, 2.75) is 26.7 Å². The summed E-state index contributed by atoms with van der Waals surface area (Å²) in [4.78, 5) is 15.8. The zero-order valence-corrected chi connectivity index (χ0v) is 9.56. The first-order chi connectivity index (χ1) is 7.01. The summed E-state index contributed by atoms with van der Waals surface area (Å²) in [6, 6.07) is 3.47. The van der Waals surface area contributed by atoms with Gasteiger partial charge in [0.1, 0.15) is 5.15 Å². The lowest BCUT2D eigenvalue weighted by Gasteiger charge is -2.11. The van der Waals surface area contributed by atoms with E-state index in [9.17, 15) is 4.79 Å². The molecule has 1 aromatic rings. The molecule has 0 bridgehead atoms. The van der Waals surface area contributed by atoms with Gasteiger partial charge in [0.05, 0.1) is 11.4 Å². The van der Waals surface area contributed by atoms with Gasteiger partial charge in [-0.05, 0) is 31.9 Å². The van der Waals surface area contributed by atoms with E-state index in [1.54, 1.807) is 12.1 Å². The Hall–Kier alpha value is -1.09. The molecular formula is C11H13ClN2O. The fraction of sp³-hybridized carbons (Fsp3) is 0.455. The fourth-order valence-corrected chi connectivity index (χ4v) is 1.54. The molecule has 1 fully saturated rings. The van der Waals surface area contributed by atoms with Crippen molar-refractivity contribution in [3.8, 4) is 0 Å². The summed E-state index contributed by atoms with van der Waals surface area (Å²) in [6.45, 7) is 3.80. The highest BCUT2D eigenvalue weighted by Crippen LogP contribution is 2.45. The Labute approximate surface area is 93.8 Å². The van der Waals surface area contributed by atoms with E-state index >= 15 is 0 Å². The fourth-order valence-electron chi connectivity index (χ4n) is 1.35. The van der Waals surface area contributed by atoms with Crippen molar-refractivity contribution in [3.05, 3.63) is 23.0 Å². The van der Waals surface area contributed by atoms with Gasteiger partial charge in [-0.25, -0.2) is 4.98 Å². The number of anilines is 1. The molecule has 1 amide bonds. The number of nitrogens with one attached hydrogen (secondary N) is 1. The number of carbonyl (C=O) groups is 1. The van der Waals surface area contributed by atoms with E-state index < -0.39 is 0 Å². The summed E-state index contributed by atoms with van der Waals surface area (Å²) >= 11 is 5.73. The summed E-state index contributed by atoms with van der Waals surface area (Å²) in [5.41, 5.74) is 1.34. The molecule has 1 N–H and O–H groups in total. The van der Waals surface area contributed by atoms with Gasteiger partial charge in [-0.1, -0.05) is 18.5 Å². The number of amides is 1. The van der Waals surface area contributed by atoms with Crippen LogP contribution >= 0.6 is 11.6 Å². The number of pyridine rings is 1. The minimum Gasteiger partial charge on any atom is -0.324 e. The topological polar surface area (TPSA) is 42.0 Å². The molecule has 0 atom stereocenters. The number of aryl methyl sites for hydroxylation is 1. The van der Waals surface area contributed by atoms with Crippen LogP contribution in [-0.4, -0.2) is 10.9 Å². The van der Waals surface area contributed by atoms with Gasteiger partial charge < -0.3 is 5.32 Å². The second-order valence-electron chi connectivity index (χ2n) is 4.28. The van der Waals surface area contributed by atoms with E-state index in [0.717, 1.165) is 24.2 Å². The summed E-state index contributed by atoms with van der Waals surface area (Å²) in [7, 11) is 0. The van der Waals surface area contributed by atoms with Crippen molar-refractivity contribution in [2.75, 3.05) is 5.32 Å². The number of aromatic nitrogens is 1. The minimum atomic E-state index is -0.161. The van der Waals surface area contributed by atoms with Crippen molar-refractivity contribution in [3.63, 3.8) is 0 Å². The van der Waals surface area contributed by atoms with Crippen LogP contribution < -0.4 is 5.32 Å². The largest absolute Gasteiger partial charge is 0.324 e. The molecule has 0 saturated heterocycles. The normalized spacial score (nSPS) is 17.3. The van der Waals surface area contributed by atoms with E-state index in [4.69, 9.17) is 11.6 Å². The number of hydrogen-bond donors (Lipinski definition) is 1. The molecule has 1 saturated carbocycles. The van der Waals surface area contributed by atoms with Gasteiger partial charge in [0.25, 0.3) is 0 Å². The smallest absolute Gasteiger partial charge is 0.230 e. The Morgan fingerprint density at radius 1 is 1.53 bits per heavy atom. The first-order valence-corrected chi connectivity index (χ1v) is 5.34. The molecule has 1 aromatic heterocycles. The molecule has 0 spiro atoms. The van der Waals surface area contributed by atoms with Crippen LogP contribution in [-0.2, 0) is 4.79 Å². The van der Waals surface area contributed by atoms with Crippen LogP contribution in [0.5, 0.6) is 0 Å². The van der Waals surface area contributed by atoms with Gasteiger partial charge in [0, 0.05) is 5.41 Å². The molecule has 0 unspecified atom stereocenters. The first-order valence-electron chi connectivity index (χ1n) is 4.96. The lowest BCUT2D eigenvalue weighted by Crippen LogP contribution is -2.21. The third-order valence-corrected chi connectivity index (χ3v) is 3.06. The molecule has 1 aliphatic rings. The molecule has 0 aliphatic heterocycles. The number of carbonyl (C=O) groups excluding carboxylic acids is 1. The Balaban J connectivity index is 2.14. The quantitative estimate of drug-likeness (QED) is 0.785. The van der Waals surface area contributed by atoms with E-state index in [2.05, 4.69) is 10.3 Å². The number of rotatable bonds is 2. The van der Waals surface area contributed by atoms with Gasteiger partial charge in [-0.3, -0.25) is 4.79 Å². The maximum atomic E-state index is 11.8. The highest BCUT2D eigenvalue weighted by atomic mass is 35.5. The summed E-state index contributed by atoms with van der Waals surface area (Å²) < 4.78 is 0. The predicted octanol–water partition coefficient (Wildman–Crippen LogP) is 2.78. The lowest BCUT2D eigenvalue weighted by atomic mass is 10.1. The molecule has 1 heterocycles. The van der Waals surface area contributed by atoms with Crippen LogP contribution in [0.3, 0.4) is 0 Å². The van der Waals surface area contributed by atoms with Crippen LogP contribution in [0.25, 0.3) is 0 Å². The molecule has 15 heavy (non-hydrogen) atoms. The van der Waals surface area contributed by atoms with E-state index in [1.807, 2.05) is 13.8 Å². The van der Waals surface area contributed by atoms with E-state index in [1.165, 1.54) is 0 Å². The van der Waals surface area contributed by atoms with Crippen LogP contribution in [0, 0.1) is 12.3 Å². The van der Waals surface area contributed by atoms with Crippen molar-refractivity contribution in [1.82, 2.24) is 4.98 Å². The second-order valence-corrected chi connectivity index (χ2v) is 4.67. The third-order valence-electron chi connectivity index (χ3n) is 2.85. The van der Waals surface area contributed by atoms with E-state index in [-0.39, 0.29) is 11.3 Å². The van der Waals surface area contributed by atoms with Gasteiger partial charge in [-0.15, -0.1) is 0 Å². The van der Waals surface area contributed by atoms with Crippen LogP contribution in [0.2, 0.25) is 5.15 Å². The third kappa shape index (κ3) is 2.12. The molecule has 2 rings (SSSR count). The molecule has 1 aliphatic carbocycles. The number of halogens is 1. The first kappa shape index (κ1) is 10.4. The van der Waals surface area contributed by atoms with Gasteiger partial charge in [-0.2, -0.15) is 0 Å². The SMILES string of the molecule is Cc1nc(Cl)ccc1NC(=O)C1(C)CC1. The highest BCUT2D eigenvalue weighted by Gasteiger charge is 2.44. The average Bonchev–Trinajstić information content (AvgIpc) is 2.90. The number of hydrogen-bond acceptors (Lipinski definition) is 2. The summed E-state index contributed by atoms with van der Waals surface area (Å²) in [5, 5.41) is 3.33. The van der Waals surface area contributed by atoms with Gasteiger partial charge in [0.15, 0.2) is 0 Å². The Bertz CT molecular complexity index is 413. The standard InChI is InChI=1S/C11H13ClN2O/c1-7-8(3-4-9(12)13-7)14-10(15)11(2)5-6-11/h3-4H,5-6H2,1-2H3,(H,14,15).